The number of benzene rings is 1. The van der Waals surface area contributed by atoms with Gasteiger partial charge in [0.05, 0.1) is 12.1 Å². The lowest BCUT2D eigenvalue weighted by atomic mass is 9.97. The van der Waals surface area contributed by atoms with E-state index in [1.807, 2.05) is 6.92 Å². The highest BCUT2D eigenvalue weighted by Crippen LogP contribution is 2.34. The monoisotopic (exact) mass is 231 g/mol. The Morgan fingerprint density at radius 2 is 2.20 bits per heavy atom. The fraction of sp³-hybridized carbons (Fsp3) is 0.455. The third-order valence-electron chi connectivity index (χ3n) is 2.38. The van der Waals surface area contributed by atoms with Crippen molar-refractivity contribution in [1.29, 1.82) is 0 Å². The largest absolute Gasteiger partial charge is 0.495 e. The van der Waals surface area contributed by atoms with Crippen LogP contribution in [0.15, 0.2) is 12.1 Å². The molecule has 0 saturated carbocycles. The summed E-state index contributed by atoms with van der Waals surface area (Å²) in [5.74, 6) is 0.165. The van der Waals surface area contributed by atoms with E-state index in [-0.39, 0.29) is 11.7 Å². The highest BCUT2D eigenvalue weighted by atomic mass is 35.5. The summed E-state index contributed by atoms with van der Waals surface area (Å²) in [6, 6.07) is 2.71. The molecular formula is C11H15ClFNO. The summed E-state index contributed by atoms with van der Waals surface area (Å²) in [6.07, 6.45) is 0.770. The predicted molar refractivity (Wildman–Crippen MR) is 60.0 cm³/mol. The van der Waals surface area contributed by atoms with Crippen LogP contribution in [-0.2, 0) is 0 Å². The maximum Gasteiger partial charge on any atom is 0.140 e. The van der Waals surface area contributed by atoms with Gasteiger partial charge in [-0.25, -0.2) is 4.39 Å². The first-order chi connectivity index (χ1) is 7.10. The molecule has 2 nitrogen and oxygen atoms in total. The van der Waals surface area contributed by atoms with E-state index >= 15 is 0 Å². The summed E-state index contributed by atoms with van der Waals surface area (Å²) in [7, 11) is 1.47. The normalized spacial score (nSPS) is 12.6. The molecule has 84 valence electrons. The molecule has 0 saturated heterocycles. The summed E-state index contributed by atoms with van der Waals surface area (Å²) in [5, 5.41) is 0.472. The third kappa shape index (κ3) is 2.83. The van der Waals surface area contributed by atoms with Crippen molar-refractivity contribution in [3.05, 3.63) is 28.5 Å². The second-order valence-corrected chi connectivity index (χ2v) is 3.87. The number of rotatable bonds is 4. The first-order valence-electron chi connectivity index (χ1n) is 4.83. The quantitative estimate of drug-likeness (QED) is 0.865. The van der Waals surface area contributed by atoms with Crippen molar-refractivity contribution < 1.29 is 9.13 Å². The molecule has 15 heavy (non-hydrogen) atoms. The average molecular weight is 232 g/mol. The van der Waals surface area contributed by atoms with Gasteiger partial charge in [-0.15, -0.1) is 0 Å². The molecule has 1 aromatic carbocycles. The molecular weight excluding hydrogens is 217 g/mol. The minimum absolute atomic E-state index is 0.132. The maximum atomic E-state index is 13.2. The first kappa shape index (κ1) is 12.3. The summed E-state index contributed by atoms with van der Waals surface area (Å²) < 4.78 is 18.2. The molecule has 0 radical (unpaired) electrons. The van der Waals surface area contributed by atoms with Crippen LogP contribution in [0.3, 0.4) is 0 Å². The van der Waals surface area contributed by atoms with Crippen LogP contribution in [0.5, 0.6) is 5.75 Å². The number of halogens is 2. The van der Waals surface area contributed by atoms with Crippen LogP contribution in [0.2, 0.25) is 5.02 Å². The SMILES string of the molecule is COc1cc(F)cc(C(C)CCN)c1Cl. The zero-order valence-corrected chi connectivity index (χ0v) is 9.64. The smallest absolute Gasteiger partial charge is 0.140 e. The van der Waals surface area contributed by atoms with Crippen molar-refractivity contribution in [2.45, 2.75) is 19.3 Å². The van der Waals surface area contributed by atoms with Gasteiger partial charge in [0.1, 0.15) is 11.6 Å². The molecule has 0 heterocycles. The third-order valence-corrected chi connectivity index (χ3v) is 2.79. The summed E-state index contributed by atoms with van der Waals surface area (Å²) in [5.41, 5.74) is 6.21. The van der Waals surface area contributed by atoms with Gasteiger partial charge in [0.15, 0.2) is 0 Å². The van der Waals surface area contributed by atoms with Gasteiger partial charge in [-0.2, -0.15) is 0 Å². The summed E-state index contributed by atoms with van der Waals surface area (Å²) in [4.78, 5) is 0. The van der Waals surface area contributed by atoms with Crippen LogP contribution in [0.1, 0.15) is 24.8 Å². The fourth-order valence-corrected chi connectivity index (χ4v) is 1.87. The van der Waals surface area contributed by atoms with Gasteiger partial charge in [-0.1, -0.05) is 18.5 Å². The first-order valence-corrected chi connectivity index (χ1v) is 5.21. The Kier molecular flexibility index (Phi) is 4.36. The van der Waals surface area contributed by atoms with Crippen molar-refractivity contribution in [3.63, 3.8) is 0 Å². The van der Waals surface area contributed by atoms with Crippen molar-refractivity contribution in [2.24, 2.45) is 5.73 Å². The lowest BCUT2D eigenvalue weighted by Gasteiger charge is -2.14. The van der Waals surface area contributed by atoms with E-state index in [0.717, 1.165) is 12.0 Å². The van der Waals surface area contributed by atoms with E-state index in [4.69, 9.17) is 22.1 Å². The highest BCUT2D eigenvalue weighted by Gasteiger charge is 2.14. The Bertz CT molecular complexity index is 344. The van der Waals surface area contributed by atoms with E-state index in [0.29, 0.717) is 17.3 Å². The van der Waals surface area contributed by atoms with Gasteiger partial charge < -0.3 is 10.5 Å². The van der Waals surface area contributed by atoms with Crippen molar-refractivity contribution in [3.8, 4) is 5.75 Å². The lowest BCUT2D eigenvalue weighted by Crippen LogP contribution is -2.05. The lowest BCUT2D eigenvalue weighted by molar-refractivity contribution is 0.410. The molecule has 0 spiro atoms. The van der Waals surface area contributed by atoms with Gasteiger partial charge in [0.2, 0.25) is 0 Å². The van der Waals surface area contributed by atoms with E-state index < -0.39 is 0 Å². The number of nitrogens with two attached hydrogens (primary N) is 1. The molecule has 0 aromatic heterocycles. The van der Waals surface area contributed by atoms with Crippen LogP contribution in [0.25, 0.3) is 0 Å². The number of methoxy groups -OCH3 is 1. The minimum Gasteiger partial charge on any atom is -0.495 e. The van der Waals surface area contributed by atoms with Crippen molar-refractivity contribution in [2.75, 3.05) is 13.7 Å². The van der Waals surface area contributed by atoms with Gasteiger partial charge in [-0.05, 0) is 30.5 Å². The zero-order chi connectivity index (χ0) is 11.4. The molecule has 1 unspecified atom stereocenters. The van der Waals surface area contributed by atoms with Crippen LogP contribution >= 0.6 is 11.6 Å². The molecule has 1 aromatic rings. The standard InChI is InChI=1S/C11H15ClFNO/c1-7(3-4-14)9-5-8(13)6-10(15-2)11(9)12/h5-7H,3-4,14H2,1-2H3. The zero-order valence-electron chi connectivity index (χ0n) is 8.89. The van der Waals surface area contributed by atoms with Gasteiger partial charge in [0.25, 0.3) is 0 Å². The van der Waals surface area contributed by atoms with Gasteiger partial charge >= 0.3 is 0 Å². The Balaban J connectivity index is 3.11. The molecule has 1 rings (SSSR count). The average Bonchev–Trinajstić information content (AvgIpc) is 2.21. The van der Waals surface area contributed by atoms with E-state index in [1.54, 1.807) is 0 Å². The molecule has 0 fully saturated rings. The van der Waals surface area contributed by atoms with Gasteiger partial charge in [-0.3, -0.25) is 0 Å². The van der Waals surface area contributed by atoms with E-state index in [9.17, 15) is 4.39 Å². The highest BCUT2D eigenvalue weighted by molar-refractivity contribution is 6.32. The van der Waals surface area contributed by atoms with Crippen LogP contribution in [-0.4, -0.2) is 13.7 Å². The fourth-order valence-electron chi connectivity index (χ4n) is 1.50. The molecule has 0 aliphatic heterocycles. The molecule has 1 atom stereocenters. The Labute approximate surface area is 94.2 Å². The van der Waals surface area contributed by atoms with E-state index in [1.165, 1.54) is 19.2 Å². The van der Waals surface area contributed by atoms with Crippen LogP contribution in [0, 0.1) is 5.82 Å². The second kappa shape index (κ2) is 5.33. The molecule has 0 aliphatic rings. The Morgan fingerprint density at radius 1 is 1.53 bits per heavy atom. The Morgan fingerprint density at radius 3 is 2.73 bits per heavy atom. The minimum atomic E-state index is -0.338. The van der Waals surface area contributed by atoms with Crippen molar-refractivity contribution >= 4 is 11.6 Å². The second-order valence-electron chi connectivity index (χ2n) is 3.49. The molecule has 0 bridgehead atoms. The van der Waals surface area contributed by atoms with Crippen LogP contribution < -0.4 is 10.5 Å². The topological polar surface area (TPSA) is 35.2 Å². The van der Waals surface area contributed by atoms with Crippen molar-refractivity contribution in [1.82, 2.24) is 0 Å². The van der Waals surface area contributed by atoms with Gasteiger partial charge in [0, 0.05) is 6.07 Å². The molecule has 2 N–H and O–H groups in total. The predicted octanol–water partition coefficient (Wildman–Crippen LogP) is 2.94. The van der Waals surface area contributed by atoms with E-state index in [2.05, 4.69) is 0 Å². The number of hydrogen-bond acceptors (Lipinski definition) is 2. The molecule has 4 heteroatoms. The summed E-state index contributed by atoms with van der Waals surface area (Å²) >= 11 is 6.08. The number of ether oxygens (including phenoxy) is 1. The Hall–Kier alpha value is -0.800. The summed E-state index contributed by atoms with van der Waals surface area (Å²) in [6.45, 7) is 2.52. The number of hydrogen-bond donors (Lipinski definition) is 1. The maximum absolute atomic E-state index is 13.2. The molecule has 0 aliphatic carbocycles. The van der Waals surface area contributed by atoms with Crippen LogP contribution in [0.4, 0.5) is 4.39 Å². The molecule has 0 amide bonds.